The molecule has 0 heterocycles. The summed E-state index contributed by atoms with van der Waals surface area (Å²) in [6, 6.07) is 13.5. The molecular formula is C17H22O5Si2. The second kappa shape index (κ2) is 6.90. The predicted molar refractivity (Wildman–Crippen MR) is 98.2 cm³/mol. The lowest BCUT2D eigenvalue weighted by molar-refractivity contribution is 0.152. The zero-order valence-corrected chi connectivity index (χ0v) is 16.2. The molecule has 0 aliphatic rings. The molecule has 0 amide bonds. The highest BCUT2D eigenvalue weighted by Crippen LogP contribution is 2.14. The SMILES string of the molecule is C[Si](C)(O)c1ccc(OC(=O)Oc2ccc([Si](C)(C)O)cc2)cc1. The fraction of sp³-hybridized carbons (Fsp3) is 0.235. The van der Waals surface area contributed by atoms with Gasteiger partial charge in [0.1, 0.15) is 11.5 Å². The normalized spacial score (nSPS) is 11.9. The standard InChI is InChI=1S/C17H22O5Si2/c1-23(2,19)15-9-5-13(6-10-15)21-17(18)22-14-7-11-16(12-8-14)24(3,4)20/h5-12,19-20H,1-4H3. The Hall–Kier alpha value is -1.94. The van der Waals surface area contributed by atoms with E-state index in [0.717, 1.165) is 10.4 Å². The summed E-state index contributed by atoms with van der Waals surface area (Å²) < 4.78 is 10.2. The molecule has 7 heteroatoms. The van der Waals surface area contributed by atoms with Crippen LogP contribution >= 0.6 is 0 Å². The van der Waals surface area contributed by atoms with Gasteiger partial charge in [-0.15, -0.1) is 0 Å². The maximum absolute atomic E-state index is 11.8. The summed E-state index contributed by atoms with van der Waals surface area (Å²) in [5.74, 6) is 0.699. The van der Waals surface area contributed by atoms with E-state index in [1.165, 1.54) is 0 Å². The van der Waals surface area contributed by atoms with Gasteiger partial charge in [-0.25, -0.2) is 4.79 Å². The molecule has 0 radical (unpaired) electrons. The van der Waals surface area contributed by atoms with E-state index in [1.54, 1.807) is 48.5 Å². The molecule has 128 valence electrons. The maximum atomic E-state index is 11.8. The van der Waals surface area contributed by atoms with Crippen molar-refractivity contribution in [3.63, 3.8) is 0 Å². The smallest absolute Gasteiger partial charge is 0.428 e. The molecule has 0 aromatic heterocycles. The van der Waals surface area contributed by atoms with Gasteiger partial charge in [0.25, 0.3) is 0 Å². The molecule has 2 aromatic rings. The van der Waals surface area contributed by atoms with Crippen molar-refractivity contribution < 1.29 is 23.9 Å². The predicted octanol–water partition coefficient (Wildman–Crippen LogP) is 2.07. The first-order valence-electron chi connectivity index (χ1n) is 7.61. The van der Waals surface area contributed by atoms with E-state index in [-0.39, 0.29) is 0 Å². The Balaban J connectivity index is 1.98. The lowest BCUT2D eigenvalue weighted by Crippen LogP contribution is -2.41. The van der Waals surface area contributed by atoms with E-state index in [1.807, 2.05) is 26.2 Å². The summed E-state index contributed by atoms with van der Waals surface area (Å²) in [4.78, 5) is 31.9. The Bertz CT molecular complexity index is 636. The first kappa shape index (κ1) is 18.4. The lowest BCUT2D eigenvalue weighted by Gasteiger charge is -2.15. The molecule has 0 bridgehead atoms. The fourth-order valence-electron chi connectivity index (χ4n) is 2.07. The van der Waals surface area contributed by atoms with Crippen LogP contribution in [-0.4, -0.2) is 32.4 Å². The Kier molecular flexibility index (Phi) is 5.29. The largest absolute Gasteiger partial charge is 0.519 e. The zero-order valence-electron chi connectivity index (χ0n) is 14.2. The van der Waals surface area contributed by atoms with Gasteiger partial charge >= 0.3 is 6.16 Å². The van der Waals surface area contributed by atoms with Gasteiger partial charge in [-0.05, 0) is 60.8 Å². The van der Waals surface area contributed by atoms with Crippen molar-refractivity contribution in [2.75, 3.05) is 0 Å². The minimum absolute atomic E-state index is 0.350. The summed E-state index contributed by atoms with van der Waals surface area (Å²) in [7, 11) is -4.73. The quantitative estimate of drug-likeness (QED) is 0.495. The van der Waals surface area contributed by atoms with Crippen LogP contribution in [-0.2, 0) is 0 Å². The highest BCUT2D eigenvalue weighted by atomic mass is 28.4. The highest BCUT2D eigenvalue weighted by molar-refractivity contribution is 6.83. The summed E-state index contributed by atoms with van der Waals surface area (Å²) in [6.07, 6.45) is -0.837. The average Bonchev–Trinajstić information content (AvgIpc) is 2.46. The molecule has 0 saturated heterocycles. The summed E-state index contributed by atoms with van der Waals surface area (Å²) in [5.41, 5.74) is 0. The molecular weight excluding hydrogens is 340 g/mol. The minimum Gasteiger partial charge on any atom is -0.428 e. The number of hydrogen-bond donors (Lipinski definition) is 2. The van der Waals surface area contributed by atoms with Crippen LogP contribution in [0.1, 0.15) is 0 Å². The van der Waals surface area contributed by atoms with Gasteiger partial charge in [0.05, 0.1) is 0 Å². The molecule has 2 rings (SSSR count). The molecule has 5 nitrogen and oxygen atoms in total. The molecule has 0 aliphatic carbocycles. The van der Waals surface area contributed by atoms with Crippen LogP contribution in [0, 0.1) is 0 Å². The maximum Gasteiger partial charge on any atom is 0.519 e. The number of carbonyl (C=O) groups excluding carboxylic acids is 1. The summed E-state index contributed by atoms with van der Waals surface area (Å²) in [5, 5.41) is 1.71. The third-order valence-corrected chi connectivity index (χ3v) is 7.02. The van der Waals surface area contributed by atoms with Crippen LogP contribution in [0.4, 0.5) is 4.79 Å². The van der Waals surface area contributed by atoms with Crippen LogP contribution in [0.5, 0.6) is 11.5 Å². The fourth-order valence-corrected chi connectivity index (χ4v) is 4.04. The van der Waals surface area contributed by atoms with Crippen molar-refractivity contribution in [1.29, 1.82) is 0 Å². The molecule has 0 aliphatic heterocycles. The molecule has 24 heavy (non-hydrogen) atoms. The topological polar surface area (TPSA) is 76.0 Å². The molecule has 0 spiro atoms. The van der Waals surface area contributed by atoms with Crippen molar-refractivity contribution in [1.82, 2.24) is 0 Å². The Labute approximate surface area is 143 Å². The first-order chi connectivity index (χ1) is 11.1. The van der Waals surface area contributed by atoms with Crippen LogP contribution in [0.15, 0.2) is 48.5 Å². The van der Waals surface area contributed by atoms with Crippen molar-refractivity contribution in [3.8, 4) is 11.5 Å². The van der Waals surface area contributed by atoms with E-state index in [2.05, 4.69) is 0 Å². The molecule has 0 fully saturated rings. The van der Waals surface area contributed by atoms with Crippen molar-refractivity contribution >= 4 is 33.2 Å². The molecule has 0 saturated carbocycles. The molecule has 2 aromatic carbocycles. The van der Waals surface area contributed by atoms with Gasteiger partial charge in [-0.3, -0.25) is 0 Å². The molecule has 0 unspecified atom stereocenters. The van der Waals surface area contributed by atoms with Gasteiger partial charge < -0.3 is 19.1 Å². The van der Waals surface area contributed by atoms with Gasteiger partial charge in [0.15, 0.2) is 0 Å². The van der Waals surface area contributed by atoms with Gasteiger partial charge in [0, 0.05) is 0 Å². The third-order valence-electron chi connectivity index (χ3n) is 3.52. The van der Waals surface area contributed by atoms with Crippen LogP contribution in [0.2, 0.25) is 26.2 Å². The Morgan fingerprint density at radius 2 is 1.00 bits per heavy atom. The van der Waals surface area contributed by atoms with Gasteiger partial charge in [0.2, 0.25) is 16.6 Å². The van der Waals surface area contributed by atoms with E-state index in [9.17, 15) is 14.4 Å². The number of benzene rings is 2. The van der Waals surface area contributed by atoms with Gasteiger partial charge in [-0.2, -0.15) is 0 Å². The zero-order chi connectivity index (χ0) is 18.0. The lowest BCUT2D eigenvalue weighted by atomic mass is 10.3. The van der Waals surface area contributed by atoms with E-state index < -0.39 is 22.8 Å². The highest BCUT2D eigenvalue weighted by Gasteiger charge is 2.21. The van der Waals surface area contributed by atoms with E-state index in [0.29, 0.717) is 11.5 Å². The molecule has 2 N–H and O–H groups in total. The van der Waals surface area contributed by atoms with Crippen molar-refractivity contribution in [2.45, 2.75) is 26.2 Å². The number of rotatable bonds is 4. The minimum atomic E-state index is -2.37. The summed E-state index contributed by atoms with van der Waals surface area (Å²) in [6.45, 7) is 7.27. The van der Waals surface area contributed by atoms with Crippen LogP contribution < -0.4 is 19.8 Å². The Morgan fingerprint density at radius 3 is 1.25 bits per heavy atom. The van der Waals surface area contributed by atoms with Gasteiger partial charge in [-0.1, -0.05) is 24.3 Å². The monoisotopic (exact) mass is 362 g/mol. The number of ether oxygens (including phenoxy) is 2. The van der Waals surface area contributed by atoms with Crippen LogP contribution in [0.25, 0.3) is 0 Å². The second-order valence-electron chi connectivity index (χ2n) is 6.62. The van der Waals surface area contributed by atoms with Crippen molar-refractivity contribution in [2.24, 2.45) is 0 Å². The molecule has 0 atom stereocenters. The number of hydrogen-bond acceptors (Lipinski definition) is 5. The second-order valence-corrected chi connectivity index (χ2v) is 14.0. The number of carbonyl (C=O) groups is 1. The first-order valence-corrected chi connectivity index (χ1v) is 13.5. The van der Waals surface area contributed by atoms with Crippen LogP contribution in [0.3, 0.4) is 0 Å². The van der Waals surface area contributed by atoms with E-state index >= 15 is 0 Å². The average molecular weight is 363 g/mol. The van der Waals surface area contributed by atoms with Crippen molar-refractivity contribution in [3.05, 3.63) is 48.5 Å². The third kappa shape index (κ3) is 5.03. The Morgan fingerprint density at radius 1 is 0.708 bits per heavy atom. The van der Waals surface area contributed by atoms with E-state index in [4.69, 9.17) is 9.47 Å². The summed E-state index contributed by atoms with van der Waals surface area (Å²) >= 11 is 0.